The number of pyridine rings is 4. The maximum atomic E-state index is 15.2. The number of aromatic nitrogens is 12. The molecule has 5 saturated carbocycles. The number of methoxy groups -OCH3 is 1. The maximum absolute atomic E-state index is 15.2. The minimum atomic E-state index is -0.403. The molecule has 0 spiro atoms. The van der Waals surface area contributed by atoms with Crippen molar-refractivity contribution in [1.29, 1.82) is 0 Å². The van der Waals surface area contributed by atoms with Gasteiger partial charge in [0.1, 0.15) is 81.3 Å². The summed E-state index contributed by atoms with van der Waals surface area (Å²) in [7, 11) is 1.51. The second-order valence-electron chi connectivity index (χ2n) is 44.3. The second kappa shape index (κ2) is 42.1. The normalized spacial score (nSPS) is 21.5. The molecule has 8 aromatic heterocycles. The molecule has 0 radical (unpaired) electrons. The Morgan fingerprint density at radius 2 is 0.724 bits per heavy atom. The molecule has 4 aromatic carbocycles. The highest BCUT2D eigenvalue weighted by molar-refractivity contribution is 6.35. The van der Waals surface area contributed by atoms with Crippen LogP contribution in [0.15, 0.2) is 104 Å². The third-order valence-electron chi connectivity index (χ3n) is 31.8. The number of ketones is 3. The van der Waals surface area contributed by atoms with Crippen LogP contribution in [0.3, 0.4) is 0 Å². The van der Waals surface area contributed by atoms with Crippen LogP contribution in [0.1, 0.15) is 266 Å². The lowest BCUT2D eigenvalue weighted by Gasteiger charge is -2.28. The Bertz CT molecular complexity index is 7120. The Morgan fingerprint density at radius 1 is 0.386 bits per heavy atom. The highest BCUT2D eigenvalue weighted by atomic mass is 35.5. The minimum absolute atomic E-state index is 0.0271. The standard InChI is InChI=1S/C30H34ClFN4O2.C28H32ClFN4O3.C28H32ClFN4O2.C26H30ClN5O2/c1-29(2)8-7-26-35-27-22(32)13-19(14-23(27)36(26)29)20-15-25(33-16-21(20)31)34-28(38)18-6-4-5-17(11-18)12-24(37)30(3)9-10-30;1-28(2)8-7-25-33-26-22(30)11-18(12-23(26)34(25)28)20-13-24(31-14-21(20)29)32-27(36)17-6-4-5-16(9-17)10-19(35)15-37-3;1-4-19(35)11-16-6-5-7-17(10-16)27(36)32-24-14-20(21(29)15-31-24)18-12-22(30)26-23(13-18)34-25(33-26)8-9-28(34,2)3;1-4-24(33)29-17-7-5-16(11-17)25(34)31-22-13-18(19(27)14-28-22)15-6-8-20-21(12-15)32-23(30-20)9-10-26(32,2)3/h13-18H,4-12H2,1-3H3,(H,33,34,38);11-14,16-17H,4-10,15H2,1-3H3,(H,31,32,36);12-17H,4-11H2,1-3H3,(H,31,32,36);6,8,12-14,16-17H,4-5,7,9-11H2,1-3H3,(H,29,33)(H,28,31,34)/t17-,18+;3*16-,17+/m1110/s1. The quantitative estimate of drug-likeness (QED) is 0.0375. The van der Waals surface area contributed by atoms with Crippen LogP contribution >= 0.6 is 46.4 Å². The van der Waals surface area contributed by atoms with Gasteiger partial charge in [0.2, 0.25) is 29.5 Å². The van der Waals surface area contributed by atoms with Gasteiger partial charge in [-0.15, -0.1) is 0 Å². The smallest absolute Gasteiger partial charge is 0.228 e. The molecule has 5 aliphatic carbocycles. The van der Waals surface area contributed by atoms with Gasteiger partial charge in [-0.1, -0.05) is 92.5 Å². The summed E-state index contributed by atoms with van der Waals surface area (Å²) in [6.07, 6.45) is 30.3. The van der Waals surface area contributed by atoms with Crippen LogP contribution in [0.25, 0.3) is 88.6 Å². The monoisotopic (exact) mass is 2050 g/mol. The zero-order chi connectivity index (χ0) is 103. The van der Waals surface area contributed by atoms with E-state index in [1.165, 1.54) is 43.9 Å². The van der Waals surface area contributed by atoms with E-state index < -0.39 is 17.5 Å². The number of Topliss-reactive ketones (excluding diaryl/α,β-unsaturated/α-hetero) is 3. The lowest BCUT2D eigenvalue weighted by atomic mass is 9.77. The van der Waals surface area contributed by atoms with Crippen LogP contribution in [0.5, 0.6) is 0 Å². The third-order valence-corrected chi connectivity index (χ3v) is 33.0. The van der Waals surface area contributed by atoms with Crippen LogP contribution in [0.4, 0.5) is 36.4 Å². The predicted octanol–water partition coefficient (Wildman–Crippen LogP) is 24.8. The molecular weight excluding hydrogens is 1930 g/mol. The fourth-order valence-corrected chi connectivity index (χ4v) is 24.3. The number of imidazole rings is 4. The number of nitrogens with one attached hydrogen (secondary N) is 5. The first-order valence-electron chi connectivity index (χ1n) is 51.5. The van der Waals surface area contributed by atoms with Crippen molar-refractivity contribution in [2.75, 3.05) is 35.0 Å². The number of fused-ring (bicyclic) bond motifs is 12. The highest BCUT2D eigenvalue weighted by Gasteiger charge is 2.46. The number of rotatable bonds is 24. The van der Waals surface area contributed by atoms with E-state index in [2.05, 4.69) is 148 Å². The molecule has 5 N–H and O–H groups in total. The van der Waals surface area contributed by atoms with Crippen LogP contribution in [-0.4, -0.2) is 125 Å². The Hall–Kier alpha value is -11.4. The zero-order valence-corrected chi connectivity index (χ0v) is 87.6. The van der Waals surface area contributed by atoms with E-state index >= 15 is 13.2 Å². The SMILES string of the molecule is CC1(C(=O)C[C@@H]2CCC[C@H](C(=O)Nc3cc(-c4cc(F)c5nc6n(c5c4)C(C)(C)CC6)c(Cl)cn3)C2)CC1.CCC(=O)C[C@@H]1CCC[C@H](C(=O)Nc2cc(-c3cc(F)c4nc5n(c4c3)C(C)(C)CC5)c(Cl)cn2)C1.CCC(=O)N[C@@H]1CC[C@H](C(=O)Nc2cc(-c3ccc4nc5n(c4c3)C(C)(C)CC5)c(Cl)cn2)C1.COCC(=O)C[C@@H]1CCC[C@H](C(=O)Nc2cc(-c3cc(F)c4nc5n(c4c3)C(C)(C)CC5)c(Cl)cn2)C1. The van der Waals surface area contributed by atoms with Gasteiger partial charge in [0.05, 0.1) is 47.7 Å². The summed E-state index contributed by atoms with van der Waals surface area (Å²) in [5.74, 6) is 4.59. The molecule has 4 aliphatic heterocycles. The summed E-state index contributed by atoms with van der Waals surface area (Å²) in [5, 5.41) is 16.4. The van der Waals surface area contributed by atoms with Crippen LogP contribution in [0.2, 0.25) is 20.1 Å². The molecule has 9 aliphatic rings. The Kier molecular flexibility index (Phi) is 30.1. The van der Waals surface area contributed by atoms with Gasteiger partial charge in [-0.3, -0.25) is 38.4 Å². The molecule has 5 amide bonds. The molecule has 8 atom stereocenters. The molecule has 26 nitrogen and oxygen atoms in total. The number of amides is 5. The average Bonchev–Trinajstić information content (AvgIpc) is 1.59. The number of halogens is 7. The molecule has 12 heterocycles. The zero-order valence-electron chi connectivity index (χ0n) is 84.5. The van der Waals surface area contributed by atoms with Gasteiger partial charge in [0.25, 0.3) is 0 Å². The van der Waals surface area contributed by atoms with Gasteiger partial charge < -0.3 is 49.6 Å². The van der Waals surface area contributed by atoms with Crippen molar-refractivity contribution in [3.63, 3.8) is 0 Å². The van der Waals surface area contributed by atoms with Gasteiger partial charge in [0, 0.05) is 169 Å². The average molecular weight is 2060 g/mol. The highest BCUT2D eigenvalue weighted by Crippen LogP contribution is 2.51. The van der Waals surface area contributed by atoms with E-state index in [1.54, 1.807) is 24.4 Å². The number of carbonyl (C=O) groups is 8. The minimum Gasteiger partial charge on any atom is -0.377 e. The molecule has 0 bridgehead atoms. The Labute approximate surface area is 862 Å². The molecule has 5 fully saturated rings. The number of benzene rings is 4. The summed E-state index contributed by atoms with van der Waals surface area (Å²) in [5.41, 5.74) is 10.3. The van der Waals surface area contributed by atoms with Gasteiger partial charge in [-0.05, 0) is 284 Å². The van der Waals surface area contributed by atoms with Crippen LogP contribution in [-0.2, 0) is 90.9 Å². The summed E-state index contributed by atoms with van der Waals surface area (Å²) in [6.45, 7) is 23.2. The summed E-state index contributed by atoms with van der Waals surface area (Å²) < 4.78 is 59.1. The first-order valence-corrected chi connectivity index (χ1v) is 53.0. The lowest BCUT2D eigenvalue weighted by Crippen LogP contribution is -2.33. The number of ether oxygens (including phenoxy) is 1. The molecule has 764 valence electrons. The van der Waals surface area contributed by atoms with Crippen molar-refractivity contribution in [3.05, 3.63) is 164 Å². The van der Waals surface area contributed by atoms with E-state index in [1.807, 2.05) is 50.2 Å². The number of hydrogen-bond acceptors (Lipinski definition) is 17. The van der Waals surface area contributed by atoms with E-state index in [0.29, 0.717) is 150 Å². The first kappa shape index (κ1) is 104. The summed E-state index contributed by atoms with van der Waals surface area (Å²) >= 11 is 26.1. The number of aryl methyl sites for hydroxylation is 4. The van der Waals surface area contributed by atoms with E-state index in [4.69, 9.17) is 56.1 Å². The third kappa shape index (κ3) is 22.3. The van der Waals surface area contributed by atoms with Gasteiger partial charge >= 0.3 is 0 Å². The van der Waals surface area contributed by atoms with Gasteiger partial charge in [0.15, 0.2) is 23.2 Å². The van der Waals surface area contributed by atoms with E-state index in [-0.39, 0.29) is 123 Å². The van der Waals surface area contributed by atoms with Gasteiger partial charge in [-0.2, -0.15) is 0 Å². The largest absolute Gasteiger partial charge is 0.377 e. The number of carbonyl (C=O) groups excluding carboxylic acids is 8. The van der Waals surface area contributed by atoms with Crippen molar-refractivity contribution in [3.8, 4) is 44.5 Å². The molecule has 33 heteroatoms. The topological polar surface area (TPSA) is 329 Å². The van der Waals surface area contributed by atoms with Crippen molar-refractivity contribution in [2.24, 2.45) is 46.8 Å². The van der Waals surface area contributed by atoms with Crippen molar-refractivity contribution >= 4 is 161 Å². The van der Waals surface area contributed by atoms with Crippen LogP contribution < -0.4 is 26.6 Å². The fourth-order valence-electron chi connectivity index (χ4n) is 23.4. The first-order chi connectivity index (χ1) is 69.1. The van der Waals surface area contributed by atoms with Crippen molar-refractivity contribution < 1.29 is 56.3 Å². The number of nitrogens with zero attached hydrogens (tertiary/aromatic N) is 12. The number of hydrogen-bond donors (Lipinski definition) is 5. The van der Waals surface area contributed by atoms with E-state index in [9.17, 15) is 38.4 Å². The second-order valence-corrected chi connectivity index (χ2v) is 45.9. The van der Waals surface area contributed by atoms with Crippen molar-refractivity contribution in [1.82, 2.24) is 63.5 Å². The summed E-state index contributed by atoms with van der Waals surface area (Å²) in [6, 6.07) is 23.3. The van der Waals surface area contributed by atoms with Crippen molar-refractivity contribution in [2.45, 2.75) is 297 Å². The molecular formula is C112H128Cl4F3N17O9. The van der Waals surface area contributed by atoms with Gasteiger partial charge in [-0.25, -0.2) is 53.0 Å². The Morgan fingerprint density at radius 3 is 1.08 bits per heavy atom. The number of anilines is 4. The summed E-state index contributed by atoms with van der Waals surface area (Å²) in [4.78, 5) is 136. The lowest BCUT2D eigenvalue weighted by molar-refractivity contribution is -0.126. The molecule has 0 unspecified atom stereocenters. The maximum Gasteiger partial charge on any atom is 0.228 e. The van der Waals surface area contributed by atoms with Crippen LogP contribution in [0, 0.1) is 64.3 Å². The van der Waals surface area contributed by atoms with E-state index in [0.717, 1.165) is 203 Å². The molecule has 12 aromatic rings. The molecule has 145 heavy (non-hydrogen) atoms. The molecule has 21 rings (SSSR count). The molecule has 0 saturated heterocycles. The predicted molar refractivity (Wildman–Crippen MR) is 561 cm³/mol. The fraction of sp³-hybridized carbons (Fsp3) is 0.500. The Balaban J connectivity index is 0.000000127.